The number of hydrogen-bond donors (Lipinski definition) is 0. The number of carbonyl (C=O) groups excluding carboxylic acids is 2. The van der Waals surface area contributed by atoms with E-state index in [4.69, 9.17) is 11.6 Å². The minimum absolute atomic E-state index is 0.160. The first kappa shape index (κ1) is 14.3. The van der Waals surface area contributed by atoms with Crippen LogP contribution in [0.5, 0.6) is 0 Å². The summed E-state index contributed by atoms with van der Waals surface area (Å²) < 4.78 is 0. The molecule has 1 aromatic rings. The number of hydrogen-bond acceptors (Lipinski definition) is 2. The molecule has 0 bridgehead atoms. The molecular formula is C14H18ClNO2Si. The zero-order chi connectivity index (χ0) is 14.2. The van der Waals surface area contributed by atoms with Crippen LogP contribution in [-0.4, -0.2) is 32.1 Å². The van der Waals surface area contributed by atoms with Gasteiger partial charge in [0.15, 0.2) is 0 Å². The molecule has 1 aliphatic heterocycles. The van der Waals surface area contributed by atoms with Gasteiger partial charge in [-0.3, -0.25) is 14.5 Å². The predicted molar refractivity (Wildman–Crippen MR) is 80.2 cm³/mol. The lowest BCUT2D eigenvalue weighted by molar-refractivity contribution is 0.0653. The van der Waals surface area contributed by atoms with Gasteiger partial charge in [-0.15, -0.1) is 0 Å². The Morgan fingerprint density at radius 1 is 1.21 bits per heavy atom. The van der Waals surface area contributed by atoms with E-state index in [1.807, 2.05) is 6.92 Å². The topological polar surface area (TPSA) is 37.4 Å². The standard InChI is InChI=1S/C14H18ClNO2Si/c1-4-5-8-16-13(17)9-6-7-10(15)12(19(2)3)11(9)14(16)18/h6-7,19H,4-5,8H2,1-3H3. The SMILES string of the molecule is CCCCN1C(=O)c2ccc(Cl)c([SiH](C)C)c2C1=O. The van der Waals surface area contributed by atoms with E-state index in [-0.39, 0.29) is 11.8 Å². The van der Waals surface area contributed by atoms with Crippen molar-refractivity contribution in [2.75, 3.05) is 6.54 Å². The molecule has 0 unspecified atom stereocenters. The highest BCUT2D eigenvalue weighted by atomic mass is 35.5. The minimum Gasteiger partial charge on any atom is -0.274 e. The summed E-state index contributed by atoms with van der Waals surface area (Å²) in [6.07, 6.45) is 1.80. The smallest absolute Gasteiger partial charge is 0.261 e. The van der Waals surface area contributed by atoms with Gasteiger partial charge in [-0.25, -0.2) is 0 Å². The summed E-state index contributed by atoms with van der Waals surface area (Å²) in [5, 5.41) is 1.55. The molecule has 0 fully saturated rings. The molecule has 0 spiro atoms. The number of nitrogens with zero attached hydrogens (tertiary/aromatic N) is 1. The molecular weight excluding hydrogens is 278 g/mol. The van der Waals surface area contributed by atoms with Gasteiger partial charge in [0.05, 0.1) is 19.9 Å². The monoisotopic (exact) mass is 295 g/mol. The largest absolute Gasteiger partial charge is 0.274 e. The molecule has 0 saturated heterocycles. The second-order valence-corrected chi connectivity index (χ2v) is 8.45. The number of unbranched alkanes of at least 4 members (excludes halogenated alkanes) is 1. The van der Waals surface area contributed by atoms with E-state index in [0.29, 0.717) is 22.7 Å². The molecule has 0 saturated carbocycles. The van der Waals surface area contributed by atoms with Gasteiger partial charge in [0, 0.05) is 11.6 Å². The summed E-state index contributed by atoms with van der Waals surface area (Å²) in [5.74, 6) is -0.326. The number of benzene rings is 1. The lowest BCUT2D eigenvalue weighted by atomic mass is 10.1. The van der Waals surface area contributed by atoms with Crippen LogP contribution >= 0.6 is 11.6 Å². The second-order valence-electron chi connectivity index (χ2n) is 5.15. The van der Waals surface area contributed by atoms with Crippen LogP contribution in [-0.2, 0) is 0 Å². The van der Waals surface area contributed by atoms with Crippen LogP contribution in [0.3, 0.4) is 0 Å². The molecule has 19 heavy (non-hydrogen) atoms. The number of fused-ring (bicyclic) bond motifs is 1. The molecule has 0 radical (unpaired) electrons. The maximum Gasteiger partial charge on any atom is 0.261 e. The third-order valence-electron chi connectivity index (χ3n) is 3.44. The van der Waals surface area contributed by atoms with Crippen LogP contribution in [0.2, 0.25) is 18.1 Å². The summed E-state index contributed by atoms with van der Waals surface area (Å²) >= 11 is 6.22. The van der Waals surface area contributed by atoms with Gasteiger partial charge in [0.2, 0.25) is 0 Å². The van der Waals surface area contributed by atoms with Gasteiger partial charge in [-0.2, -0.15) is 0 Å². The predicted octanol–water partition coefficient (Wildman–Crippen LogP) is 2.43. The van der Waals surface area contributed by atoms with Crippen molar-refractivity contribution in [3.05, 3.63) is 28.3 Å². The Hall–Kier alpha value is -1.13. The normalized spacial score (nSPS) is 14.5. The number of amides is 2. The first-order chi connectivity index (χ1) is 8.99. The number of carbonyl (C=O) groups is 2. The summed E-state index contributed by atoms with van der Waals surface area (Å²) in [6, 6.07) is 3.43. The van der Waals surface area contributed by atoms with Crippen LogP contribution in [0.1, 0.15) is 40.5 Å². The maximum absolute atomic E-state index is 12.5. The fraction of sp³-hybridized carbons (Fsp3) is 0.429. The number of imide groups is 1. The highest BCUT2D eigenvalue weighted by molar-refractivity contribution is 6.75. The lowest BCUT2D eigenvalue weighted by Crippen LogP contribution is -2.34. The first-order valence-electron chi connectivity index (χ1n) is 6.67. The van der Waals surface area contributed by atoms with E-state index in [2.05, 4.69) is 13.1 Å². The quantitative estimate of drug-likeness (QED) is 0.632. The van der Waals surface area contributed by atoms with E-state index >= 15 is 0 Å². The van der Waals surface area contributed by atoms with Crippen molar-refractivity contribution in [1.29, 1.82) is 0 Å². The van der Waals surface area contributed by atoms with Crippen LogP contribution < -0.4 is 5.19 Å². The molecule has 1 aliphatic rings. The third-order valence-corrected chi connectivity index (χ3v) is 5.71. The molecule has 0 aromatic heterocycles. The van der Waals surface area contributed by atoms with Gasteiger partial charge in [0.1, 0.15) is 0 Å². The zero-order valence-corrected chi connectivity index (χ0v) is 13.4. The van der Waals surface area contributed by atoms with Crippen molar-refractivity contribution in [3.63, 3.8) is 0 Å². The summed E-state index contributed by atoms with van der Waals surface area (Å²) in [7, 11) is -1.27. The van der Waals surface area contributed by atoms with Crippen LogP contribution in [0.15, 0.2) is 12.1 Å². The van der Waals surface area contributed by atoms with Crippen molar-refractivity contribution in [3.8, 4) is 0 Å². The minimum atomic E-state index is -1.27. The Bertz CT molecular complexity index is 542. The molecule has 0 N–H and O–H groups in total. The Balaban J connectivity index is 2.50. The van der Waals surface area contributed by atoms with E-state index in [1.165, 1.54) is 4.90 Å². The van der Waals surface area contributed by atoms with Gasteiger partial charge < -0.3 is 0 Å². The Morgan fingerprint density at radius 3 is 2.47 bits per heavy atom. The molecule has 0 aliphatic carbocycles. The van der Waals surface area contributed by atoms with Crippen LogP contribution in [0.4, 0.5) is 0 Å². The lowest BCUT2D eigenvalue weighted by Gasteiger charge is -2.14. The maximum atomic E-state index is 12.5. The molecule has 0 atom stereocenters. The molecule has 1 aromatic carbocycles. The zero-order valence-electron chi connectivity index (χ0n) is 11.5. The molecule has 3 nitrogen and oxygen atoms in total. The fourth-order valence-electron chi connectivity index (χ4n) is 2.46. The summed E-state index contributed by atoms with van der Waals surface area (Å²) in [4.78, 5) is 26.1. The van der Waals surface area contributed by atoms with Gasteiger partial charge in [0.25, 0.3) is 11.8 Å². The summed E-state index contributed by atoms with van der Waals surface area (Å²) in [6.45, 7) is 6.78. The second kappa shape index (κ2) is 5.47. The Morgan fingerprint density at radius 2 is 1.89 bits per heavy atom. The third kappa shape index (κ3) is 2.35. The van der Waals surface area contributed by atoms with Crippen LogP contribution in [0.25, 0.3) is 0 Å². The van der Waals surface area contributed by atoms with E-state index < -0.39 is 8.80 Å². The van der Waals surface area contributed by atoms with E-state index in [0.717, 1.165) is 18.0 Å². The van der Waals surface area contributed by atoms with Crippen molar-refractivity contribution < 1.29 is 9.59 Å². The van der Waals surface area contributed by atoms with Crippen LogP contribution in [0, 0.1) is 0 Å². The highest BCUT2D eigenvalue weighted by Crippen LogP contribution is 2.25. The van der Waals surface area contributed by atoms with Crippen molar-refractivity contribution in [1.82, 2.24) is 4.90 Å². The Kier molecular flexibility index (Phi) is 4.11. The van der Waals surface area contributed by atoms with E-state index in [9.17, 15) is 9.59 Å². The highest BCUT2D eigenvalue weighted by Gasteiger charge is 2.38. The van der Waals surface area contributed by atoms with Gasteiger partial charge in [-0.1, -0.05) is 38.0 Å². The van der Waals surface area contributed by atoms with Crippen molar-refractivity contribution in [2.24, 2.45) is 0 Å². The molecule has 5 heteroatoms. The number of halogens is 1. The van der Waals surface area contributed by atoms with Gasteiger partial charge in [-0.05, 0) is 23.7 Å². The summed E-state index contributed by atoms with van der Waals surface area (Å²) in [5.41, 5.74) is 1.09. The average Bonchev–Trinajstić information content (AvgIpc) is 2.59. The molecule has 1 heterocycles. The fourth-order valence-corrected chi connectivity index (χ4v) is 4.78. The Labute approximate surface area is 120 Å². The van der Waals surface area contributed by atoms with Crippen molar-refractivity contribution in [2.45, 2.75) is 32.9 Å². The molecule has 2 rings (SSSR count). The van der Waals surface area contributed by atoms with Gasteiger partial charge >= 0.3 is 0 Å². The van der Waals surface area contributed by atoms with Crippen molar-refractivity contribution >= 4 is 37.4 Å². The van der Waals surface area contributed by atoms with E-state index in [1.54, 1.807) is 12.1 Å². The number of rotatable bonds is 4. The average molecular weight is 296 g/mol. The molecule has 102 valence electrons. The first-order valence-corrected chi connectivity index (χ1v) is 9.94. The molecule has 2 amide bonds.